The van der Waals surface area contributed by atoms with Crippen molar-refractivity contribution in [1.82, 2.24) is 0 Å². The second-order valence-corrected chi connectivity index (χ2v) is 4.52. The second-order valence-electron chi connectivity index (χ2n) is 3.53. The Labute approximate surface area is 105 Å². The molecule has 0 aliphatic carbocycles. The summed E-state index contributed by atoms with van der Waals surface area (Å²) in [5.74, 6) is 0.593. The lowest BCUT2D eigenvalue weighted by atomic mass is 10.1. The third kappa shape index (κ3) is 4.10. The first-order valence-electron chi connectivity index (χ1n) is 5.23. The first-order chi connectivity index (χ1) is 8.19. The predicted octanol–water partition coefficient (Wildman–Crippen LogP) is 1.58. The average Bonchev–Trinajstić information content (AvgIpc) is 2.36. The molecule has 5 heteroatoms. The van der Waals surface area contributed by atoms with Gasteiger partial charge < -0.3 is 11.1 Å². The molecule has 0 bridgehead atoms. The fraction of sp³-hybridized carbons (Fsp3) is 0.333. The lowest BCUT2D eigenvalue weighted by Crippen LogP contribution is -2.36. The number of hydrogen-bond donors (Lipinski definition) is 2. The summed E-state index contributed by atoms with van der Waals surface area (Å²) in [7, 11) is 0. The molecule has 0 heterocycles. The Morgan fingerprint density at radius 3 is 2.94 bits per heavy atom. The number of amides is 1. The highest BCUT2D eigenvalue weighted by atomic mass is 32.2. The number of benzene rings is 1. The van der Waals surface area contributed by atoms with E-state index in [1.54, 1.807) is 36.0 Å². The molecule has 0 unspecified atom stereocenters. The van der Waals surface area contributed by atoms with E-state index in [0.29, 0.717) is 17.7 Å². The number of para-hydroxylation sites is 1. The van der Waals surface area contributed by atoms with E-state index in [0.717, 1.165) is 5.75 Å². The molecule has 1 atom stereocenters. The molecule has 90 valence electrons. The smallest absolute Gasteiger partial charge is 0.241 e. The van der Waals surface area contributed by atoms with Crippen LogP contribution in [0.1, 0.15) is 12.0 Å². The fourth-order valence-corrected chi connectivity index (χ4v) is 1.78. The molecule has 4 nitrogen and oxygen atoms in total. The van der Waals surface area contributed by atoms with Gasteiger partial charge in [0.25, 0.3) is 0 Å². The third-order valence-corrected chi connectivity index (χ3v) is 2.92. The highest BCUT2D eigenvalue weighted by Crippen LogP contribution is 2.14. The fourth-order valence-electron chi connectivity index (χ4n) is 1.29. The van der Waals surface area contributed by atoms with E-state index < -0.39 is 6.04 Å². The summed E-state index contributed by atoms with van der Waals surface area (Å²) in [5.41, 5.74) is 6.69. The van der Waals surface area contributed by atoms with Crippen LogP contribution in [0.25, 0.3) is 0 Å². The van der Waals surface area contributed by atoms with Crippen molar-refractivity contribution in [2.45, 2.75) is 12.5 Å². The second kappa shape index (κ2) is 6.94. The van der Waals surface area contributed by atoms with Crippen LogP contribution in [0.2, 0.25) is 0 Å². The zero-order valence-corrected chi connectivity index (χ0v) is 10.5. The van der Waals surface area contributed by atoms with Crippen LogP contribution in [0, 0.1) is 11.3 Å². The number of rotatable bonds is 5. The molecule has 0 aliphatic rings. The molecule has 3 N–H and O–H groups in total. The number of nitrogens with one attached hydrogen (secondary N) is 1. The number of nitrogens with zero attached hydrogens (tertiary/aromatic N) is 1. The minimum Gasteiger partial charge on any atom is -0.324 e. The summed E-state index contributed by atoms with van der Waals surface area (Å²) < 4.78 is 0. The van der Waals surface area contributed by atoms with Gasteiger partial charge in [0.1, 0.15) is 6.07 Å². The van der Waals surface area contributed by atoms with E-state index in [9.17, 15) is 4.79 Å². The molecule has 0 saturated carbocycles. The van der Waals surface area contributed by atoms with Crippen molar-refractivity contribution in [3.05, 3.63) is 29.8 Å². The van der Waals surface area contributed by atoms with Gasteiger partial charge in [-0.25, -0.2) is 0 Å². The minimum atomic E-state index is -0.533. The number of thioether (sulfide) groups is 1. The molecule has 0 saturated heterocycles. The Kier molecular flexibility index (Phi) is 5.53. The maximum absolute atomic E-state index is 11.7. The lowest BCUT2D eigenvalue weighted by Gasteiger charge is -2.12. The summed E-state index contributed by atoms with van der Waals surface area (Å²) >= 11 is 1.65. The Morgan fingerprint density at radius 1 is 1.59 bits per heavy atom. The van der Waals surface area contributed by atoms with Gasteiger partial charge >= 0.3 is 0 Å². The molecule has 0 aliphatic heterocycles. The Balaban J connectivity index is 2.65. The van der Waals surface area contributed by atoms with Gasteiger partial charge in [-0.3, -0.25) is 4.79 Å². The van der Waals surface area contributed by atoms with E-state index >= 15 is 0 Å². The molecule has 1 rings (SSSR count). The molecule has 0 aromatic heterocycles. The van der Waals surface area contributed by atoms with Crippen molar-refractivity contribution < 1.29 is 4.79 Å². The summed E-state index contributed by atoms with van der Waals surface area (Å²) in [6.45, 7) is 0. The van der Waals surface area contributed by atoms with E-state index in [2.05, 4.69) is 5.32 Å². The van der Waals surface area contributed by atoms with Gasteiger partial charge in [-0.2, -0.15) is 17.0 Å². The summed E-state index contributed by atoms with van der Waals surface area (Å²) in [6, 6.07) is 8.36. The van der Waals surface area contributed by atoms with Crippen LogP contribution < -0.4 is 11.1 Å². The molecule has 1 amide bonds. The van der Waals surface area contributed by atoms with Crippen molar-refractivity contribution in [3.63, 3.8) is 0 Å². The molecular weight excluding hydrogens is 234 g/mol. The molecule has 1 aromatic rings. The quantitative estimate of drug-likeness (QED) is 0.830. The highest BCUT2D eigenvalue weighted by molar-refractivity contribution is 7.98. The number of nitriles is 1. The van der Waals surface area contributed by atoms with E-state index in [1.807, 2.05) is 12.3 Å². The lowest BCUT2D eigenvalue weighted by molar-refractivity contribution is -0.117. The molecule has 0 spiro atoms. The molecular formula is C12H15N3OS. The zero-order chi connectivity index (χ0) is 12.7. The Hall–Kier alpha value is -1.51. The maximum Gasteiger partial charge on any atom is 0.241 e. The molecule has 0 fully saturated rings. The average molecular weight is 249 g/mol. The van der Waals surface area contributed by atoms with Crippen LogP contribution in [0.5, 0.6) is 0 Å². The number of carbonyl (C=O) groups is 1. The molecule has 1 aromatic carbocycles. The predicted molar refractivity (Wildman–Crippen MR) is 70.8 cm³/mol. The Bertz CT molecular complexity index is 428. The topological polar surface area (TPSA) is 78.9 Å². The first-order valence-corrected chi connectivity index (χ1v) is 6.63. The standard InChI is InChI=1S/C12H15N3OS/c1-17-7-6-10(14)12(16)15-11-5-3-2-4-9(11)8-13/h2-5,10H,6-7,14H2,1H3,(H,15,16)/t10-/m0/s1. The van der Waals surface area contributed by atoms with Crippen LogP contribution in [0.4, 0.5) is 5.69 Å². The Morgan fingerprint density at radius 2 is 2.29 bits per heavy atom. The number of nitrogens with two attached hydrogens (primary N) is 1. The number of hydrogen-bond acceptors (Lipinski definition) is 4. The van der Waals surface area contributed by atoms with Crippen LogP contribution in [0.15, 0.2) is 24.3 Å². The minimum absolute atomic E-state index is 0.248. The summed E-state index contributed by atoms with van der Waals surface area (Å²) in [4.78, 5) is 11.7. The number of anilines is 1. The SMILES string of the molecule is CSCC[C@H](N)C(=O)Nc1ccccc1C#N. The van der Waals surface area contributed by atoms with Crippen LogP contribution in [-0.2, 0) is 4.79 Å². The molecule has 17 heavy (non-hydrogen) atoms. The van der Waals surface area contributed by atoms with Crippen molar-refractivity contribution in [2.75, 3.05) is 17.3 Å². The van der Waals surface area contributed by atoms with E-state index in [1.165, 1.54) is 0 Å². The van der Waals surface area contributed by atoms with E-state index in [-0.39, 0.29) is 5.91 Å². The van der Waals surface area contributed by atoms with Gasteiger partial charge in [0.2, 0.25) is 5.91 Å². The van der Waals surface area contributed by atoms with Crippen molar-refractivity contribution in [1.29, 1.82) is 5.26 Å². The van der Waals surface area contributed by atoms with Crippen molar-refractivity contribution in [2.24, 2.45) is 5.73 Å². The van der Waals surface area contributed by atoms with Gasteiger partial charge in [0.15, 0.2) is 0 Å². The van der Waals surface area contributed by atoms with Crippen molar-refractivity contribution >= 4 is 23.4 Å². The highest BCUT2D eigenvalue weighted by Gasteiger charge is 2.14. The number of carbonyl (C=O) groups excluding carboxylic acids is 1. The van der Waals surface area contributed by atoms with Crippen LogP contribution in [0.3, 0.4) is 0 Å². The van der Waals surface area contributed by atoms with E-state index in [4.69, 9.17) is 11.0 Å². The first kappa shape index (κ1) is 13.6. The normalized spacial score (nSPS) is 11.6. The maximum atomic E-state index is 11.7. The molecule has 0 radical (unpaired) electrons. The van der Waals surface area contributed by atoms with Crippen LogP contribution >= 0.6 is 11.8 Å². The van der Waals surface area contributed by atoms with Gasteiger partial charge in [0.05, 0.1) is 17.3 Å². The summed E-state index contributed by atoms with van der Waals surface area (Å²) in [6.07, 6.45) is 2.59. The largest absolute Gasteiger partial charge is 0.324 e. The zero-order valence-electron chi connectivity index (χ0n) is 9.64. The summed E-state index contributed by atoms with van der Waals surface area (Å²) in [5, 5.41) is 11.5. The van der Waals surface area contributed by atoms with Gasteiger partial charge in [-0.15, -0.1) is 0 Å². The van der Waals surface area contributed by atoms with Crippen molar-refractivity contribution in [3.8, 4) is 6.07 Å². The monoisotopic (exact) mass is 249 g/mol. The van der Waals surface area contributed by atoms with Gasteiger partial charge in [0, 0.05) is 0 Å². The van der Waals surface area contributed by atoms with Crippen LogP contribution in [-0.4, -0.2) is 24.0 Å². The third-order valence-electron chi connectivity index (χ3n) is 2.28. The van der Waals surface area contributed by atoms with Gasteiger partial charge in [-0.1, -0.05) is 12.1 Å². The van der Waals surface area contributed by atoms with Gasteiger partial charge in [-0.05, 0) is 30.6 Å².